The van der Waals surface area contributed by atoms with Gasteiger partial charge in [-0.05, 0) is 24.9 Å². The van der Waals surface area contributed by atoms with Gasteiger partial charge in [-0.15, -0.1) is 0 Å². The number of para-hydroxylation sites is 1. The Balaban J connectivity index is 2.07. The van der Waals surface area contributed by atoms with Crippen molar-refractivity contribution in [1.82, 2.24) is 5.32 Å². The smallest absolute Gasteiger partial charge is 0.135 e. The molecule has 0 amide bonds. The van der Waals surface area contributed by atoms with Crippen LogP contribution in [0.25, 0.3) is 11.0 Å². The van der Waals surface area contributed by atoms with E-state index >= 15 is 0 Å². The molecule has 1 N–H and O–H groups in total. The van der Waals surface area contributed by atoms with E-state index in [0.717, 1.165) is 30.9 Å². The molecular formula is C17H25NO2. The topological polar surface area (TPSA) is 34.4 Å². The van der Waals surface area contributed by atoms with Crippen LogP contribution in [0.5, 0.6) is 0 Å². The average molecular weight is 275 g/mol. The summed E-state index contributed by atoms with van der Waals surface area (Å²) in [6.45, 7) is 8.79. The Morgan fingerprint density at radius 3 is 2.65 bits per heavy atom. The number of fused-ring (bicyclic) bond motifs is 1. The van der Waals surface area contributed by atoms with E-state index in [1.54, 1.807) is 0 Å². The zero-order valence-electron chi connectivity index (χ0n) is 13.0. The van der Waals surface area contributed by atoms with Crippen LogP contribution < -0.4 is 5.32 Å². The number of nitrogens with one attached hydrogen (secondary N) is 1. The second kappa shape index (κ2) is 6.42. The minimum absolute atomic E-state index is 0.307. The zero-order chi connectivity index (χ0) is 14.6. The molecule has 0 aliphatic rings. The molecular weight excluding hydrogens is 250 g/mol. The molecule has 0 unspecified atom stereocenters. The first kappa shape index (κ1) is 15.1. The molecule has 0 atom stereocenters. The van der Waals surface area contributed by atoms with Gasteiger partial charge in [-0.1, -0.05) is 39.0 Å². The molecule has 0 saturated carbocycles. The summed E-state index contributed by atoms with van der Waals surface area (Å²) in [5.41, 5.74) is 2.45. The van der Waals surface area contributed by atoms with Gasteiger partial charge in [-0.2, -0.15) is 0 Å². The van der Waals surface area contributed by atoms with Gasteiger partial charge in [-0.25, -0.2) is 0 Å². The Hall–Kier alpha value is -1.32. The number of benzene rings is 1. The lowest BCUT2D eigenvalue weighted by Crippen LogP contribution is -2.10. The van der Waals surface area contributed by atoms with Crippen LogP contribution in [-0.4, -0.2) is 13.7 Å². The van der Waals surface area contributed by atoms with Gasteiger partial charge in [0, 0.05) is 24.1 Å². The molecule has 1 aromatic carbocycles. The maximum Gasteiger partial charge on any atom is 0.135 e. The van der Waals surface area contributed by atoms with E-state index in [2.05, 4.69) is 32.2 Å². The number of hydrogen-bond acceptors (Lipinski definition) is 3. The van der Waals surface area contributed by atoms with Crippen molar-refractivity contribution in [3.8, 4) is 0 Å². The van der Waals surface area contributed by atoms with Gasteiger partial charge < -0.3 is 14.5 Å². The summed E-state index contributed by atoms with van der Waals surface area (Å²) in [4.78, 5) is 0. The molecule has 0 saturated heterocycles. The van der Waals surface area contributed by atoms with Crippen molar-refractivity contribution >= 4 is 11.0 Å². The summed E-state index contributed by atoms with van der Waals surface area (Å²) in [5.74, 6) is 0.939. The molecule has 3 nitrogen and oxygen atoms in total. The Kier molecular flexibility index (Phi) is 4.84. The molecule has 110 valence electrons. The van der Waals surface area contributed by atoms with Gasteiger partial charge in [0.15, 0.2) is 0 Å². The lowest BCUT2D eigenvalue weighted by Gasteiger charge is -2.17. The van der Waals surface area contributed by atoms with Crippen molar-refractivity contribution in [1.29, 1.82) is 0 Å². The van der Waals surface area contributed by atoms with Crippen LogP contribution in [0.1, 0.15) is 38.5 Å². The zero-order valence-corrected chi connectivity index (χ0v) is 13.0. The quantitative estimate of drug-likeness (QED) is 0.806. The number of furan rings is 1. The highest BCUT2D eigenvalue weighted by molar-refractivity contribution is 5.82. The van der Waals surface area contributed by atoms with E-state index in [1.807, 2.05) is 25.2 Å². The number of hydrogen-bond donors (Lipinski definition) is 1. The van der Waals surface area contributed by atoms with Crippen molar-refractivity contribution in [2.75, 3.05) is 13.7 Å². The molecule has 0 spiro atoms. The molecule has 0 radical (unpaired) electrons. The van der Waals surface area contributed by atoms with Gasteiger partial charge in [0.2, 0.25) is 0 Å². The molecule has 2 aromatic rings. The van der Waals surface area contributed by atoms with Gasteiger partial charge in [0.25, 0.3) is 0 Å². The predicted molar refractivity (Wildman–Crippen MR) is 82.7 cm³/mol. The average Bonchev–Trinajstić information content (AvgIpc) is 2.73. The van der Waals surface area contributed by atoms with Gasteiger partial charge in [0.05, 0.1) is 0 Å². The normalized spacial score (nSPS) is 12.2. The molecule has 20 heavy (non-hydrogen) atoms. The van der Waals surface area contributed by atoms with Crippen molar-refractivity contribution in [3.05, 3.63) is 35.6 Å². The van der Waals surface area contributed by atoms with Crippen LogP contribution in [0.3, 0.4) is 0 Å². The van der Waals surface area contributed by atoms with Crippen molar-refractivity contribution in [2.45, 2.75) is 40.3 Å². The van der Waals surface area contributed by atoms with E-state index in [4.69, 9.17) is 9.15 Å². The van der Waals surface area contributed by atoms with Crippen molar-refractivity contribution in [3.63, 3.8) is 0 Å². The van der Waals surface area contributed by atoms with Crippen molar-refractivity contribution < 1.29 is 9.15 Å². The molecule has 0 bridgehead atoms. The SMILES string of the molecule is CNCc1c(COCCC(C)(C)C)oc2ccccc12. The fourth-order valence-electron chi connectivity index (χ4n) is 2.18. The first-order valence-electron chi connectivity index (χ1n) is 7.23. The molecule has 0 fully saturated rings. The largest absolute Gasteiger partial charge is 0.458 e. The standard InChI is InChI=1S/C17H25NO2/c1-17(2,3)9-10-19-12-16-14(11-18-4)13-7-5-6-8-15(13)20-16/h5-8,18H,9-12H2,1-4H3. The second-order valence-electron chi connectivity index (χ2n) is 6.39. The van der Waals surface area contributed by atoms with Crippen LogP contribution in [-0.2, 0) is 17.9 Å². The highest BCUT2D eigenvalue weighted by Gasteiger charge is 2.14. The first-order chi connectivity index (χ1) is 9.51. The Bertz CT molecular complexity index is 552. The fourth-order valence-corrected chi connectivity index (χ4v) is 2.18. The van der Waals surface area contributed by atoms with Crippen molar-refractivity contribution in [2.24, 2.45) is 5.41 Å². The molecule has 1 heterocycles. The maximum absolute atomic E-state index is 5.92. The maximum atomic E-state index is 5.92. The van der Waals surface area contributed by atoms with Crippen LogP contribution in [0.2, 0.25) is 0 Å². The Morgan fingerprint density at radius 2 is 1.95 bits per heavy atom. The monoisotopic (exact) mass is 275 g/mol. The summed E-state index contributed by atoms with van der Waals surface area (Å²) in [7, 11) is 1.95. The summed E-state index contributed by atoms with van der Waals surface area (Å²) in [6.07, 6.45) is 1.05. The highest BCUT2D eigenvalue weighted by atomic mass is 16.5. The van der Waals surface area contributed by atoms with Crippen LogP contribution in [0, 0.1) is 5.41 Å². The van der Waals surface area contributed by atoms with Crippen LogP contribution in [0.15, 0.2) is 28.7 Å². The van der Waals surface area contributed by atoms with E-state index in [1.165, 1.54) is 10.9 Å². The van der Waals surface area contributed by atoms with Crippen LogP contribution >= 0.6 is 0 Å². The molecule has 0 aliphatic carbocycles. The van der Waals surface area contributed by atoms with Gasteiger partial charge in [0.1, 0.15) is 18.0 Å². The summed E-state index contributed by atoms with van der Waals surface area (Å²) >= 11 is 0. The highest BCUT2D eigenvalue weighted by Crippen LogP contribution is 2.26. The lowest BCUT2D eigenvalue weighted by atomic mass is 9.93. The third kappa shape index (κ3) is 3.84. The number of rotatable bonds is 6. The first-order valence-corrected chi connectivity index (χ1v) is 7.23. The van der Waals surface area contributed by atoms with Crippen LogP contribution in [0.4, 0.5) is 0 Å². The van der Waals surface area contributed by atoms with Gasteiger partial charge >= 0.3 is 0 Å². The summed E-state index contributed by atoms with van der Waals surface area (Å²) < 4.78 is 11.7. The van der Waals surface area contributed by atoms with E-state index in [-0.39, 0.29) is 0 Å². The molecule has 1 aromatic heterocycles. The van der Waals surface area contributed by atoms with Gasteiger partial charge in [-0.3, -0.25) is 0 Å². The predicted octanol–water partition coefficient (Wildman–Crippen LogP) is 4.11. The molecule has 0 aliphatic heterocycles. The second-order valence-corrected chi connectivity index (χ2v) is 6.39. The summed E-state index contributed by atoms with van der Waals surface area (Å²) in [5, 5.41) is 4.38. The van der Waals surface area contributed by atoms with E-state index < -0.39 is 0 Å². The molecule has 2 rings (SSSR count). The number of ether oxygens (including phenoxy) is 1. The minimum atomic E-state index is 0.307. The van der Waals surface area contributed by atoms with E-state index in [9.17, 15) is 0 Å². The van der Waals surface area contributed by atoms with E-state index in [0.29, 0.717) is 12.0 Å². The fraction of sp³-hybridized carbons (Fsp3) is 0.529. The Morgan fingerprint density at radius 1 is 1.20 bits per heavy atom. The lowest BCUT2D eigenvalue weighted by molar-refractivity contribution is 0.0847. The summed E-state index contributed by atoms with van der Waals surface area (Å²) in [6, 6.07) is 8.15. The third-order valence-electron chi connectivity index (χ3n) is 3.37. The third-order valence-corrected chi connectivity index (χ3v) is 3.37. The minimum Gasteiger partial charge on any atom is -0.458 e. The molecule has 3 heteroatoms. The Labute approximate surface area is 121 Å².